The van der Waals surface area contributed by atoms with Gasteiger partial charge in [0.05, 0.1) is 4.90 Å². The van der Waals surface area contributed by atoms with E-state index in [1.165, 1.54) is 24.7 Å². The van der Waals surface area contributed by atoms with E-state index in [0.29, 0.717) is 17.0 Å². The molecule has 27 heavy (non-hydrogen) atoms. The molecule has 0 saturated heterocycles. The van der Waals surface area contributed by atoms with E-state index < -0.39 is 15.9 Å². The van der Waals surface area contributed by atoms with Gasteiger partial charge in [0.25, 0.3) is 11.7 Å². The van der Waals surface area contributed by atoms with E-state index in [-0.39, 0.29) is 10.7 Å². The minimum Gasteiger partial charge on any atom is -0.319 e. The highest BCUT2D eigenvalue weighted by Gasteiger charge is 2.21. The van der Waals surface area contributed by atoms with E-state index in [1.54, 1.807) is 19.1 Å². The van der Waals surface area contributed by atoms with Crippen LogP contribution < -0.4 is 5.32 Å². The second-order valence-corrected chi connectivity index (χ2v) is 8.53. The third kappa shape index (κ3) is 3.53. The molecule has 2 aromatic heterocycles. The molecule has 0 fully saturated rings. The van der Waals surface area contributed by atoms with Crippen LogP contribution in [0.1, 0.15) is 27.6 Å². The molecule has 142 valence electrons. The van der Waals surface area contributed by atoms with Crippen molar-refractivity contribution < 1.29 is 13.2 Å². The molecule has 0 saturated carbocycles. The lowest BCUT2D eigenvalue weighted by molar-refractivity contribution is 0.101. The Hall–Kier alpha value is -2.85. The molecule has 10 heteroatoms. The first-order valence-electron chi connectivity index (χ1n) is 8.15. The van der Waals surface area contributed by atoms with Gasteiger partial charge in [0, 0.05) is 31.2 Å². The van der Waals surface area contributed by atoms with Gasteiger partial charge in [-0.25, -0.2) is 22.2 Å². The Morgan fingerprint density at radius 1 is 1.11 bits per heavy atom. The van der Waals surface area contributed by atoms with Gasteiger partial charge in [-0.2, -0.15) is 4.98 Å². The van der Waals surface area contributed by atoms with Gasteiger partial charge in [-0.05, 0) is 44.5 Å². The van der Waals surface area contributed by atoms with Crippen LogP contribution in [0.5, 0.6) is 0 Å². The first-order valence-corrected chi connectivity index (χ1v) is 9.59. The van der Waals surface area contributed by atoms with Gasteiger partial charge >= 0.3 is 0 Å². The fraction of sp³-hybridized carbons (Fsp3) is 0.294. The Balaban J connectivity index is 1.94. The summed E-state index contributed by atoms with van der Waals surface area (Å²) >= 11 is 0. The van der Waals surface area contributed by atoms with Gasteiger partial charge in [0.2, 0.25) is 15.8 Å². The standard InChI is InChI=1S/C17H20N6O3S/c1-10-6-7-13(9-14(10)27(25,26)22(4)5)19-16(24)15-20-17-18-11(2)8-12(3)23(17)21-15/h6-9H,1-5H3,(H,19,24). The molecule has 0 radical (unpaired) electrons. The van der Waals surface area contributed by atoms with Gasteiger partial charge < -0.3 is 5.32 Å². The number of anilines is 1. The van der Waals surface area contributed by atoms with E-state index in [2.05, 4.69) is 20.4 Å². The number of nitrogens with zero attached hydrogens (tertiary/aromatic N) is 5. The van der Waals surface area contributed by atoms with Crippen molar-refractivity contribution in [1.82, 2.24) is 23.9 Å². The van der Waals surface area contributed by atoms with E-state index in [0.717, 1.165) is 15.7 Å². The molecule has 2 heterocycles. The molecule has 0 unspecified atom stereocenters. The van der Waals surface area contributed by atoms with Gasteiger partial charge in [0.1, 0.15) is 0 Å². The van der Waals surface area contributed by atoms with Crippen LogP contribution in [0.3, 0.4) is 0 Å². The highest BCUT2D eigenvalue weighted by atomic mass is 32.2. The monoisotopic (exact) mass is 388 g/mol. The number of hydrogen-bond acceptors (Lipinski definition) is 6. The number of fused-ring (bicyclic) bond motifs is 1. The zero-order valence-electron chi connectivity index (χ0n) is 15.7. The predicted molar refractivity (Wildman–Crippen MR) is 100 cm³/mol. The van der Waals surface area contributed by atoms with E-state index in [4.69, 9.17) is 0 Å². The third-order valence-corrected chi connectivity index (χ3v) is 5.98. The maximum absolute atomic E-state index is 12.5. The molecule has 0 spiro atoms. The molecule has 9 nitrogen and oxygen atoms in total. The molecule has 0 aliphatic heterocycles. The maximum Gasteiger partial charge on any atom is 0.295 e. The smallest absolute Gasteiger partial charge is 0.295 e. The molecule has 0 aliphatic rings. The molecule has 1 aromatic carbocycles. The second-order valence-electron chi connectivity index (χ2n) is 6.41. The number of amides is 1. The summed E-state index contributed by atoms with van der Waals surface area (Å²) in [5.41, 5.74) is 2.50. The molecule has 1 amide bonds. The van der Waals surface area contributed by atoms with Crippen molar-refractivity contribution in [3.63, 3.8) is 0 Å². The summed E-state index contributed by atoms with van der Waals surface area (Å²) in [4.78, 5) is 21.0. The van der Waals surface area contributed by atoms with Crippen LogP contribution in [-0.4, -0.2) is 52.3 Å². The Labute approximate surface area is 157 Å². The molecule has 3 rings (SSSR count). The Morgan fingerprint density at radius 2 is 1.81 bits per heavy atom. The van der Waals surface area contributed by atoms with E-state index >= 15 is 0 Å². The van der Waals surface area contributed by atoms with Crippen molar-refractivity contribution in [2.24, 2.45) is 0 Å². The minimum atomic E-state index is -3.62. The van der Waals surface area contributed by atoms with Crippen molar-refractivity contribution >= 4 is 27.4 Å². The second kappa shape index (κ2) is 6.71. The van der Waals surface area contributed by atoms with Gasteiger partial charge in [-0.1, -0.05) is 6.07 Å². The van der Waals surface area contributed by atoms with Crippen molar-refractivity contribution in [3.05, 3.63) is 47.0 Å². The topological polar surface area (TPSA) is 110 Å². The molecule has 0 bridgehead atoms. The first kappa shape index (κ1) is 18.9. The number of rotatable bonds is 4. The summed E-state index contributed by atoms with van der Waals surface area (Å²) in [7, 11) is -0.712. The number of aryl methyl sites for hydroxylation is 3. The molecule has 0 atom stereocenters. The number of nitrogens with one attached hydrogen (secondary N) is 1. The number of benzene rings is 1. The van der Waals surface area contributed by atoms with Crippen molar-refractivity contribution in [1.29, 1.82) is 0 Å². The highest BCUT2D eigenvalue weighted by Crippen LogP contribution is 2.22. The number of carbonyl (C=O) groups excluding carboxylic acids is 1. The van der Waals surface area contributed by atoms with Crippen LogP contribution in [-0.2, 0) is 10.0 Å². The Kier molecular flexibility index (Phi) is 4.70. The molecular weight excluding hydrogens is 368 g/mol. The lowest BCUT2D eigenvalue weighted by Crippen LogP contribution is -2.23. The number of hydrogen-bond donors (Lipinski definition) is 1. The Bertz CT molecular complexity index is 1150. The number of sulfonamides is 1. The third-order valence-electron chi connectivity index (χ3n) is 4.03. The molecular formula is C17H20N6O3S. The van der Waals surface area contributed by atoms with Gasteiger partial charge in [-0.15, -0.1) is 5.10 Å². The quantitative estimate of drug-likeness (QED) is 0.726. The average molecular weight is 388 g/mol. The Morgan fingerprint density at radius 3 is 2.48 bits per heavy atom. The fourth-order valence-corrected chi connectivity index (χ4v) is 3.75. The summed E-state index contributed by atoms with van der Waals surface area (Å²) in [6.45, 7) is 5.37. The van der Waals surface area contributed by atoms with Crippen LogP contribution in [0.25, 0.3) is 5.78 Å². The fourth-order valence-electron chi connectivity index (χ4n) is 2.60. The van der Waals surface area contributed by atoms with Crippen molar-refractivity contribution in [3.8, 4) is 0 Å². The van der Waals surface area contributed by atoms with Crippen molar-refractivity contribution in [2.75, 3.05) is 19.4 Å². The predicted octanol–water partition coefficient (Wildman–Crippen LogP) is 1.55. The zero-order valence-corrected chi connectivity index (χ0v) is 16.5. The molecule has 1 N–H and O–H groups in total. The molecule has 3 aromatic rings. The highest BCUT2D eigenvalue weighted by molar-refractivity contribution is 7.89. The van der Waals surface area contributed by atoms with Crippen molar-refractivity contribution in [2.45, 2.75) is 25.7 Å². The molecule has 0 aliphatic carbocycles. The van der Waals surface area contributed by atoms with Crippen LogP contribution in [0.15, 0.2) is 29.2 Å². The van der Waals surface area contributed by atoms with Crippen LogP contribution in [0, 0.1) is 20.8 Å². The zero-order chi connectivity index (χ0) is 19.9. The largest absolute Gasteiger partial charge is 0.319 e. The summed E-state index contributed by atoms with van der Waals surface area (Å²) in [6.07, 6.45) is 0. The van der Waals surface area contributed by atoms with Crippen LogP contribution in [0.4, 0.5) is 5.69 Å². The van der Waals surface area contributed by atoms with Crippen LogP contribution >= 0.6 is 0 Å². The van der Waals surface area contributed by atoms with Gasteiger partial charge in [-0.3, -0.25) is 4.79 Å². The lowest BCUT2D eigenvalue weighted by atomic mass is 10.2. The normalized spacial score (nSPS) is 11.9. The SMILES string of the molecule is Cc1cc(C)n2nc(C(=O)Nc3ccc(C)c(S(=O)(=O)N(C)C)c3)nc2n1. The van der Waals surface area contributed by atoms with Crippen LogP contribution in [0.2, 0.25) is 0 Å². The minimum absolute atomic E-state index is 0.0474. The van der Waals surface area contributed by atoms with E-state index in [1.807, 2.05) is 19.9 Å². The number of carbonyl (C=O) groups is 1. The lowest BCUT2D eigenvalue weighted by Gasteiger charge is -2.14. The first-order chi connectivity index (χ1) is 12.6. The summed E-state index contributed by atoms with van der Waals surface area (Å²) in [6, 6.07) is 6.53. The number of aromatic nitrogens is 4. The average Bonchev–Trinajstić information content (AvgIpc) is 3.00. The summed E-state index contributed by atoms with van der Waals surface area (Å²) in [5.74, 6) is -0.263. The maximum atomic E-state index is 12.5. The van der Waals surface area contributed by atoms with Gasteiger partial charge in [0.15, 0.2) is 0 Å². The summed E-state index contributed by atoms with van der Waals surface area (Å²) < 4.78 is 27.5. The summed E-state index contributed by atoms with van der Waals surface area (Å²) in [5, 5.41) is 6.81. The van der Waals surface area contributed by atoms with E-state index in [9.17, 15) is 13.2 Å².